The molecule has 1 N–H and O–H groups in total. The highest BCUT2D eigenvalue weighted by Crippen LogP contribution is 2.17. The number of methoxy groups -OCH3 is 1. The SMILES string of the molecule is CCO[C@@H](Cc1ccc(O)cc1F)C(=O)OC. The van der Waals surface area contributed by atoms with Crippen LogP contribution in [0.25, 0.3) is 0 Å². The summed E-state index contributed by atoms with van der Waals surface area (Å²) < 4.78 is 23.2. The average molecular weight is 242 g/mol. The summed E-state index contributed by atoms with van der Waals surface area (Å²) in [7, 11) is 1.25. The van der Waals surface area contributed by atoms with E-state index in [0.29, 0.717) is 12.2 Å². The van der Waals surface area contributed by atoms with Gasteiger partial charge in [0.25, 0.3) is 0 Å². The minimum absolute atomic E-state index is 0.0760. The van der Waals surface area contributed by atoms with E-state index in [1.54, 1.807) is 6.92 Å². The van der Waals surface area contributed by atoms with E-state index in [9.17, 15) is 9.18 Å². The van der Waals surface area contributed by atoms with Gasteiger partial charge in [-0.2, -0.15) is 0 Å². The van der Waals surface area contributed by atoms with Crippen LogP contribution in [0.3, 0.4) is 0 Å². The fourth-order valence-corrected chi connectivity index (χ4v) is 1.44. The topological polar surface area (TPSA) is 55.8 Å². The number of esters is 1. The molecule has 1 aromatic carbocycles. The van der Waals surface area contributed by atoms with E-state index in [0.717, 1.165) is 6.07 Å². The molecular formula is C12H15FO4. The van der Waals surface area contributed by atoms with Gasteiger partial charge < -0.3 is 14.6 Å². The summed E-state index contributed by atoms with van der Waals surface area (Å²) in [5, 5.41) is 9.07. The van der Waals surface area contributed by atoms with E-state index in [4.69, 9.17) is 9.84 Å². The van der Waals surface area contributed by atoms with Gasteiger partial charge in [-0.1, -0.05) is 6.07 Å². The van der Waals surface area contributed by atoms with E-state index in [1.165, 1.54) is 19.2 Å². The lowest BCUT2D eigenvalue weighted by Crippen LogP contribution is -2.28. The highest BCUT2D eigenvalue weighted by molar-refractivity contribution is 5.75. The standard InChI is InChI=1S/C12H15FO4/c1-3-17-11(12(15)16-2)6-8-4-5-9(14)7-10(8)13/h4-5,7,11,14H,3,6H2,1-2H3/t11-/m0/s1. The van der Waals surface area contributed by atoms with Crippen LogP contribution in [0.5, 0.6) is 5.75 Å². The summed E-state index contributed by atoms with van der Waals surface area (Å²) in [5.74, 6) is -1.27. The molecule has 0 amide bonds. The number of phenolic OH excluding ortho intramolecular Hbond substituents is 1. The number of benzene rings is 1. The van der Waals surface area contributed by atoms with E-state index in [2.05, 4.69) is 4.74 Å². The Morgan fingerprint density at radius 3 is 2.76 bits per heavy atom. The Labute approximate surface area is 99.0 Å². The highest BCUT2D eigenvalue weighted by atomic mass is 19.1. The molecule has 0 spiro atoms. The number of halogens is 1. The van der Waals surface area contributed by atoms with Crippen LogP contribution in [0.4, 0.5) is 4.39 Å². The Balaban J connectivity index is 2.82. The van der Waals surface area contributed by atoms with Gasteiger partial charge in [0.1, 0.15) is 11.6 Å². The lowest BCUT2D eigenvalue weighted by molar-refractivity contribution is -0.153. The first-order valence-electron chi connectivity index (χ1n) is 5.25. The van der Waals surface area contributed by atoms with Gasteiger partial charge in [0.05, 0.1) is 7.11 Å². The van der Waals surface area contributed by atoms with Crippen molar-refractivity contribution in [2.45, 2.75) is 19.4 Å². The number of ether oxygens (including phenoxy) is 2. The number of phenols is 1. The van der Waals surface area contributed by atoms with Crippen molar-refractivity contribution < 1.29 is 23.8 Å². The second-order valence-corrected chi connectivity index (χ2v) is 3.45. The van der Waals surface area contributed by atoms with Gasteiger partial charge in [-0.25, -0.2) is 9.18 Å². The lowest BCUT2D eigenvalue weighted by atomic mass is 10.1. The maximum atomic E-state index is 13.5. The molecule has 0 heterocycles. The second-order valence-electron chi connectivity index (χ2n) is 3.45. The summed E-state index contributed by atoms with van der Waals surface area (Å²) >= 11 is 0. The molecule has 0 aliphatic rings. The van der Waals surface area contributed by atoms with E-state index in [-0.39, 0.29) is 12.2 Å². The fourth-order valence-electron chi connectivity index (χ4n) is 1.44. The maximum Gasteiger partial charge on any atom is 0.335 e. The first-order valence-corrected chi connectivity index (χ1v) is 5.25. The van der Waals surface area contributed by atoms with E-state index < -0.39 is 17.9 Å². The van der Waals surface area contributed by atoms with Crippen LogP contribution in [-0.4, -0.2) is 30.9 Å². The van der Waals surface area contributed by atoms with Crippen molar-refractivity contribution in [3.63, 3.8) is 0 Å². The molecule has 1 atom stereocenters. The smallest absolute Gasteiger partial charge is 0.335 e. The molecule has 0 aliphatic carbocycles. The van der Waals surface area contributed by atoms with E-state index in [1.807, 2.05) is 0 Å². The molecule has 0 aromatic heterocycles. The van der Waals surface area contributed by atoms with Crippen molar-refractivity contribution in [1.29, 1.82) is 0 Å². The lowest BCUT2D eigenvalue weighted by Gasteiger charge is -2.14. The zero-order valence-corrected chi connectivity index (χ0v) is 9.77. The summed E-state index contributed by atoms with van der Waals surface area (Å²) in [5.41, 5.74) is 0.298. The third-order valence-electron chi connectivity index (χ3n) is 2.27. The first-order chi connectivity index (χ1) is 8.08. The van der Waals surface area contributed by atoms with Crippen molar-refractivity contribution in [1.82, 2.24) is 0 Å². The predicted octanol–water partition coefficient (Wildman–Crippen LogP) is 1.65. The molecule has 17 heavy (non-hydrogen) atoms. The number of carbonyl (C=O) groups is 1. The van der Waals surface area contributed by atoms with Crippen LogP contribution in [0.1, 0.15) is 12.5 Å². The van der Waals surface area contributed by atoms with E-state index >= 15 is 0 Å². The summed E-state index contributed by atoms with van der Waals surface area (Å²) in [4.78, 5) is 11.4. The van der Waals surface area contributed by atoms with Gasteiger partial charge >= 0.3 is 5.97 Å². The van der Waals surface area contributed by atoms with Crippen LogP contribution in [-0.2, 0) is 20.7 Å². The van der Waals surface area contributed by atoms with Crippen LogP contribution in [0.15, 0.2) is 18.2 Å². The normalized spacial score (nSPS) is 12.2. The van der Waals surface area contributed by atoms with Gasteiger partial charge in [-0.15, -0.1) is 0 Å². The quantitative estimate of drug-likeness (QED) is 0.798. The number of hydrogen-bond donors (Lipinski definition) is 1. The van der Waals surface area contributed by atoms with Crippen molar-refractivity contribution in [3.05, 3.63) is 29.6 Å². The summed E-state index contributed by atoms with van der Waals surface area (Å²) in [6, 6.07) is 3.77. The second kappa shape index (κ2) is 6.20. The first kappa shape index (κ1) is 13.4. The molecule has 0 aliphatic heterocycles. The maximum absolute atomic E-state index is 13.5. The molecule has 0 unspecified atom stereocenters. The molecule has 0 saturated heterocycles. The van der Waals surface area contributed by atoms with Gasteiger partial charge in [-0.3, -0.25) is 0 Å². The molecule has 5 heteroatoms. The fraction of sp³-hybridized carbons (Fsp3) is 0.417. The molecule has 1 aromatic rings. The van der Waals surface area contributed by atoms with Gasteiger partial charge in [-0.05, 0) is 18.6 Å². The van der Waals surface area contributed by atoms with Crippen molar-refractivity contribution in [2.24, 2.45) is 0 Å². The minimum Gasteiger partial charge on any atom is -0.508 e. The van der Waals surface area contributed by atoms with Crippen LogP contribution in [0.2, 0.25) is 0 Å². The predicted molar refractivity (Wildman–Crippen MR) is 59.2 cm³/mol. The van der Waals surface area contributed by atoms with Crippen molar-refractivity contribution in [3.8, 4) is 5.75 Å². The molecule has 4 nitrogen and oxygen atoms in total. The average Bonchev–Trinajstić information content (AvgIpc) is 2.30. The molecule has 1 rings (SSSR count). The Bertz CT molecular complexity index is 392. The third-order valence-corrected chi connectivity index (χ3v) is 2.27. The van der Waals surface area contributed by atoms with Gasteiger partial charge in [0.2, 0.25) is 0 Å². The largest absolute Gasteiger partial charge is 0.508 e. The van der Waals surface area contributed by atoms with Crippen molar-refractivity contribution >= 4 is 5.97 Å². The summed E-state index contributed by atoms with van der Waals surface area (Å²) in [6.45, 7) is 2.07. The molecular weight excluding hydrogens is 227 g/mol. The van der Waals surface area contributed by atoms with Gasteiger partial charge in [0.15, 0.2) is 6.10 Å². The summed E-state index contributed by atoms with van der Waals surface area (Å²) in [6.07, 6.45) is -0.754. The number of rotatable bonds is 5. The number of carbonyl (C=O) groups excluding carboxylic acids is 1. The Kier molecular flexibility index (Phi) is 4.90. The zero-order valence-electron chi connectivity index (χ0n) is 9.77. The molecule has 0 saturated carbocycles. The van der Waals surface area contributed by atoms with Crippen LogP contribution >= 0.6 is 0 Å². The molecule has 94 valence electrons. The number of hydrogen-bond acceptors (Lipinski definition) is 4. The van der Waals surface area contributed by atoms with Crippen LogP contribution < -0.4 is 0 Å². The zero-order chi connectivity index (χ0) is 12.8. The minimum atomic E-state index is -0.830. The monoisotopic (exact) mass is 242 g/mol. The Morgan fingerprint density at radius 2 is 2.24 bits per heavy atom. The number of aromatic hydroxyl groups is 1. The van der Waals surface area contributed by atoms with Crippen LogP contribution in [0, 0.1) is 5.82 Å². The van der Waals surface area contributed by atoms with Gasteiger partial charge in [0, 0.05) is 19.1 Å². The Hall–Kier alpha value is -1.62. The molecule has 0 bridgehead atoms. The highest BCUT2D eigenvalue weighted by Gasteiger charge is 2.21. The third kappa shape index (κ3) is 3.71. The van der Waals surface area contributed by atoms with Crippen molar-refractivity contribution in [2.75, 3.05) is 13.7 Å². The molecule has 0 fully saturated rings. The Morgan fingerprint density at radius 1 is 1.53 bits per heavy atom. The molecule has 0 radical (unpaired) electrons.